The van der Waals surface area contributed by atoms with Gasteiger partial charge in [-0.2, -0.15) is 13.2 Å². The van der Waals surface area contributed by atoms with Gasteiger partial charge in [-0.1, -0.05) is 0 Å². The van der Waals surface area contributed by atoms with Gasteiger partial charge < -0.3 is 9.55 Å². The molecule has 0 bridgehead atoms. The summed E-state index contributed by atoms with van der Waals surface area (Å²) < 4.78 is 40.2. The van der Waals surface area contributed by atoms with Crippen molar-refractivity contribution in [3.8, 4) is 0 Å². The minimum absolute atomic E-state index is 0.0404. The van der Waals surface area contributed by atoms with E-state index in [1.54, 1.807) is 4.57 Å². The molecule has 108 valence electrons. The first-order valence-electron chi connectivity index (χ1n) is 5.86. The van der Waals surface area contributed by atoms with Crippen LogP contribution in [0.1, 0.15) is 31.1 Å². The van der Waals surface area contributed by atoms with Crippen LogP contribution in [0.25, 0.3) is 11.0 Å². The molecule has 0 radical (unpaired) electrons. The second-order valence-corrected chi connectivity index (χ2v) is 5.10. The van der Waals surface area contributed by atoms with E-state index >= 15 is 0 Å². The Kier molecular flexibility index (Phi) is 3.45. The van der Waals surface area contributed by atoms with Crippen LogP contribution in [0.2, 0.25) is 0 Å². The number of hydrogen-bond donors (Lipinski definition) is 1. The van der Waals surface area contributed by atoms with Crippen LogP contribution >= 0.6 is 12.2 Å². The first-order chi connectivity index (χ1) is 9.12. The molecule has 0 saturated heterocycles. The number of halogens is 3. The lowest BCUT2D eigenvalue weighted by molar-refractivity contribution is -0.141. The highest BCUT2D eigenvalue weighted by molar-refractivity contribution is 7.71. The van der Waals surface area contributed by atoms with E-state index in [9.17, 15) is 18.0 Å². The van der Waals surface area contributed by atoms with Gasteiger partial charge in [-0.25, -0.2) is 4.98 Å². The van der Waals surface area contributed by atoms with Gasteiger partial charge in [0.25, 0.3) is 0 Å². The van der Waals surface area contributed by atoms with Crippen LogP contribution in [0.3, 0.4) is 0 Å². The predicted molar refractivity (Wildman–Crippen MR) is 71.3 cm³/mol. The van der Waals surface area contributed by atoms with Crippen LogP contribution in [0.15, 0.2) is 11.0 Å². The largest absolute Gasteiger partial charge is 0.431 e. The van der Waals surface area contributed by atoms with Gasteiger partial charge in [0.1, 0.15) is 11.3 Å². The molecule has 0 aliphatic carbocycles. The molecule has 0 spiro atoms. The third kappa shape index (κ3) is 2.35. The fourth-order valence-electron chi connectivity index (χ4n) is 1.91. The van der Waals surface area contributed by atoms with Crippen LogP contribution in [0, 0.1) is 11.7 Å². The second-order valence-electron chi connectivity index (χ2n) is 4.74. The lowest BCUT2D eigenvalue weighted by Gasteiger charge is -2.14. The number of hydrogen-bond acceptors (Lipinski definition) is 3. The maximum Gasteiger partial charge on any atom is 0.431 e. The van der Waals surface area contributed by atoms with Gasteiger partial charge in [-0.3, -0.25) is 4.79 Å². The maximum absolute atomic E-state index is 12.8. The van der Waals surface area contributed by atoms with Crippen LogP contribution in [-0.4, -0.2) is 14.5 Å². The quantitative estimate of drug-likeness (QED) is 0.822. The SMILES string of the molecule is Cc1c(C(F)(F)F)[nH]c2nc(=S)n(C(C)C)cc2c1=O. The highest BCUT2D eigenvalue weighted by Crippen LogP contribution is 2.29. The molecule has 0 aliphatic rings. The second kappa shape index (κ2) is 4.69. The lowest BCUT2D eigenvalue weighted by Crippen LogP contribution is -2.20. The molecule has 1 N–H and O–H groups in total. The van der Waals surface area contributed by atoms with Gasteiger partial charge in [0.15, 0.2) is 5.43 Å². The smallest absolute Gasteiger partial charge is 0.335 e. The zero-order valence-corrected chi connectivity index (χ0v) is 11.8. The topological polar surface area (TPSA) is 50.7 Å². The van der Waals surface area contributed by atoms with Gasteiger partial charge in [0, 0.05) is 17.8 Å². The first-order valence-corrected chi connectivity index (χ1v) is 6.26. The van der Waals surface area contributed by atoms with E-state index in [1.165, 1.54) is 6.20 Å². The minimum atomic E-state index is -4.63. The molecule has 0 aliphatic heterocycles. The Morgan fingerprint density at radius 3 is 2.50 bits per heavy atom. The van der Waals surface area contributed by atoms with Crippen molar-refractivity contribution in [1.29, 1.82) is 0 Å². The summed E-state index contributed by atoms with van der Waals surface area (Å²) in [5.41, 5.74) is -2.30. The summed E-state index contributed by atoms with van der Waals surface area (Å²) in [4.78, 5) is 18.1. The van der Waals surface area contributed by atoms with Crippen LogP contribution in [0.4, 0.5) is 13.2 Å². The standard InChI is InChI=1S/C12H12F3N3OS/c1-5(2)18-4-7-8(19)6(3)9(12(13,14)15)16-10(7)17-11(18)20/h4-5H,1-3H3,(H,16,17,20). The van der Waals surface area contributed by atoms with E-state index in [0.717, 1.165) is 6.92 Å². The zero-order valence-electron chi connectivity index (χ0n) is 11.0. The number of nitrogens with one attached hydrogen (secondary N) is 1. The van der Waals surface area contributed by atoms with E-state index < -0.39 is 17.3 Å². The summed E-state index contributed by atoms with van der Waals surface area (Å²) in [5.74, 6) is 0. The van der Waals surface area contributed by atoms with Crippen molar-refractivity contribution in [2.75, 3.05) is 0 Å². The van der Waals surface area contributed by atoms with Gasteiger partial charge in [0.05, 0.1) is 5.39 Å². The Morgan fingerprint density at radius 2 is 2.00 bits per heavy atom. The Balaban J connectivity index is 2.92. The molecule has 0 saturated carbocycles. The van der Waals surface area contributed by atoms with Gasteiger partial charge in [-0.05, 0) is 33.0 Å². The van der Waals surface area contributed by atoms with E-state index in [2.05, 4.69) is 9.97 Å². The summed E-state index contributed by atoms with van der Waals surface area (Å²) in [6.45, 7) is 4.82. The highest BCUT2D eigenvalue weighted by Gasteiger charge is 2.35. The van der Waals surface area contributed by atoms with Gasteiger partial charge in [-0.15, -0.1) is 0 Å². The van der Waals surface area contributed by atoms with Crippen LogP contribution in [-0.2, 0) is 6.18 Å². The maximum atomic E-state index is 12.8. The summed E-state index contributed by atoms with van der Waals surface area (Å²) in [5, 5.41) is 0.0952. The Bertz CT molecular complexity index is 789. The van der Waals surface area contributed by atoms with Crippen molar-refractivity contribution in [3.63, 3.8) is 0 Å². The van der Waals surface area contributed by atoms with Crippen molar-refractivity contribution in [3.05, 3.63) is 32.4 Å². The molecule has 2 heterocycles. The van der Waals surface area contributed by atoms with Crippen molar-refractivity contribution in [2.24, 2.45) is 0 Å². The Morgan fingerprint density at radius 1 is 1.40 bits per heavy atom. The number of H-pyrrole nitrogens is 1. The number of aromatic amines is 1. The average Bonchev–Trinajstić information content (AvgIpc) is 2.31. The average molecular weight is 303 g/mol. The first kappa shape index (κ1) is 14.7. The molecule has 0 aromatic carbocycles. The van der Waals surface area contributed by atoms with Crippen molar-refractivity contribution in [2.45, 2.75) is 33.0 Å². The van der Waals surface area contributed by atoms with Crippen molar-refractivity contribution in [1.82, 2.24) is 14.5 Å². The number of aromatic nitrogens is 3. The third-order valence-electron chi connectivity index (χ3n) is 3.00. The van der Waals surface area contributed by atoms with Crippen molar-refractivity contribution < 1.29 is 13.2 Å². The van der Waals surface area contributed by atoms with Crippen LogP contribution in [0.5, 0.6) is 0 Å². The van der Waals surface area contributed by atoms with Crippen molar-refractivity contribution >= 4 is 23.3 Å². The number of rotatable bonds is 1. The lowest BCUT2D eigenvalue weighted by atomic mass is 10.1. The van der Waals surface area contributed by atoms with E-state index in [1.807, 2.05) is 13.8 Å². The molecular weight excluding hydrogens is 291 g/mol. The fraction of sp³-hybridized carbons (Fsp3) is 0.417. The molecule has 2 aromatic heterocycles. The molecule has 8 heteroatoms. The molecule has 0 fully saturated rings. The number of alkyl halides is 3. The van der Waals surface area contributed by atoms with Gasteiger partial charge >= 0.3 is 6.18 Å². The summed E-state index contributed by atoms with van der Waals surface area (Å²) >= 11 is 5.02. The number of nitrogens with zero attached hydrogens (tertiary/aromatic N) is 2. The summed E-state index contributed by atoms with van der Waals surface area (Å²) in [6.07, 6.45) is -3.19. The molecule has 0 amide bonds. The monoisotopic (exact) mass is 303 g/mol. The number of fused-ring (bicyclic) bond motifs is 1. The molecule has 2 rings (SSSR count). The molecule has 4 nitrogen and oxygen atoms in total. The van der Waals surface area contributed by atoms with Crippen LogP contribution < -0.4 is 5.43 Å². The fourth-order valence-corrected chi connectivity index (χ4v) is 2.27. The third-order valence-corrected chi connectivity index (χ3v) is 3.30. The summed E-state index contributed by atoms with van der Waals surface area (Å²) in [7, 11) is 0. The Hall–Kier alpha value is -1.70. The normalized spacial score (nSPS) is 12.3. The van der Waals surface area contributed by atoms with E-state index in [4.69, 9.17) is 12.2 Å². The van der Waals surface area contributed by atoms with E-state index in [-0.39, 0.29) is 27.4 Å². The Labute approximate surface area is 117 Å². The zero-order chi connectivity index (χ0) is 15.2. The molecule has 20 heavy (non-hydrogen) atoms. The predicted octanol–water partition coefficient (Wildman–Crippen LogP) is 3.36. The minimum Gasteiger partial charge on any atom is -0.335 e. The highest BCUT2D eigenvalue weighted by atomic mass is 32.1. The molecule has 2 aromatic rings. The molecule has 0 unspecified atom stereocenters. The molecular formula is C12H12F3N3OS. The van der Waals surface area contributed by atoms with Gasteiger partial charge in [0.2, 0.25) is 4.77 Å². The number of pyridine rings is 1. The summed E-state index contributed by atoms with van der Waals surface area (Å²) in [6, 6.07) is -0.0404. The van der Waals surface area contributed by atoms with E-state index in [0.29, 0.717) is 0 Å². The molecule has 0 atom stereocenters.